The summed E-state index contributed by atoms with van der Waals surface area (Å²) in [5.41, 5.74) is 5.60. The van der Waals surface area contributed by atoms with Gasteiger partial charge >= 0.3 is 6.36 Å². The van der Waals surface area contributed by atoms with Gasteiger partial charge in [0.05, 0.1) is 11.6 Å². The van der Waals surface area contributed by atoms with Crippen molar-refractivity contribution in [1.29, 1.82) is 0 Å². The largest absolute Gasteiger partial charge is 0.573 e. The number of nitrogens with zero attached hydrogens (tertiary/aromatic N) is 5. The normalized spacial score (nSPS) is 15.2. The van der Waals surface area contributed by atoms with E-state index < -0.39 is 12.3 Å². The van der Waals surface area contributed by atoms with E-state index in [4.69, 9.17) is 6.42 Å². The van der Waals surface area contributed by atoms with Crippen molar-refractivity contribution < 1.29 is 22.7 Å². The minimum Gasteiger partial charge on any atom is -0.406 e. The fraction of sp³-hybridized carbons (Fsp3) is 0.294. The monoisotopic (exact) mass is 631 g/mol. The van der Waals surface area contributed by atoms with Gasteiger partial charge in [-0.05, 0) is 66.3 Å². The van der Waals surface area contributed by atoms with Crippen LogP contribution in [0.2, 0.25) is 0 Å². The Labute approximate surface area is 264 Å². The van der Waals surface area contributed by atoms with E-state index in [-0.39, 0.29) is 18.1 Å². The SMILES string of the molecule is C#CC(CC(=O)N=C1SCCCN1c1cccc(C)c1C(C)C)c1ccc(-c2ncn(-c3ccc(OC(F)(F)F)cc3)n2)cc1. The molecule has 11 heteroatoms. The number of halogens is 3. The van der Waals surface area contributed by atoms with E-state index >= 15 is 0 Å². The molecular formula is C34H32F3N5O2S. The van der Waals surface area contributed by atoms with Crippen molar-refractivity contribution in [2.24, 2.45) is 4.99 Å². The predicted molar refractivity (Wildman–Crippen MR) is 172 cm³/mol. The van der Waals surface area contributed by atoms with Crippen molar-refractivity contribution in [1.82, 2.24) is 14.8 Å². The third kappa shape index (κ3) is 7.75. The number of thioether (sulfide) groups is 1. The van der Waals surface area contributed by atoms with E-state index in [2.05, 4.69) is 63.5 Å². The highest BCUT2D eigenvalue weighted by molar-refractivity contribution is 8.14. The van der Waals surface area contributed by atoms with Gasteiger partial charge in [-0.15, -0.1) is 24.7 Å². The van der Waals surface area contributed by atoms with Crippen molar-refractivity contribution in [2.75, 3.05) is 17.2 Å². The van der Waals surface area contributed by atoms with Crippen LogP contribution in [-0.4, -0.2) is 44.5 Å². The zero-order valence-electron chi connectivity index (χ0n) is 25.1. The van der Waals surface area contributed by atoms with Crippen LogP contribution in [0.25, 0.3) is 17.1 Å². The number of amidine groups is 1. The Morgan fingerprint density at radius 1 is 1.11 bits per heavy atom. The minimum absolute atomic E-state index is 0.0690. The molecule has 1 saturated heterocycles. The average molecular weight is 632 g/mol. The van der Waals surface area contributed by atoms with E-state index in [9.17, 15) is 18.0 Å². The Kier molecular flexibility index (Phi) is 9.63. The molecule has 0 saturated carbocycles. The van der Waals surface area contributed by atoms with Gasteiger partial charge in [-0.2, -0.15) is 4.99 Å². The first-order valence-corrected chi connectivity index (χ1v) is 15.5. The molecule has 7 nitrogen and oxygen atoms in total. The molecule has 1 aromatic heterocycles. The fourth-order valence-electron chi connectivity index (χ4n) is 5.31. The number of ether oxygens (including phenoxy) is 1. The molecule has 5 rings (SSSR count). The maximum atomic E-state index is 13.2. The average Bonchev–Trinajstić information content (AvgIpc) is 3.50. The lowest BCUT2D eigenvalue weighted by Crippen LogP contribution is -2.35. The number of aliphatic imine (C=N–C) groups is 1. The molecule has 0 N–H and O–H groups in total. The predicted octanol–water partition coefficient (Wildman–Crippen LogP) is 7.90. The molecule has 0 radical (unpaired) electrons. The molecule has 0 bridgehead atoms. The van der Waals surface area contributed by atoms with Crippen molar-refractivity contribution in [3.8, 4) is 35.2 Å². The van der Waals surface area contributed by atoms with E-state index in [1.165, 1.54) is 46.4 Å². The molecular weight excluding hydrogens is 599 g/mol. The summed E-state index contributed by atoms with van der Waals surface area (Å²) >= 11 is 1.59. The second kappa shape index (κ2) is 13.6. The minimum atomic E-state index is -4.76. The number of carbonyl (C=O) groups excluding carboxylic acids is 1. The molecule has 4 aromatic rings. The van der Waals surface area contributed by atoms with Crippen LogP contribution in [0.5, 0.6) is 5.75 Å². The number of aromatic nitrogens is 3. The van der Waals surface area contributed by atoms with E-state index in [0.29, 0.717) is 28.2 Å². The molecule has 2 heterocycles. The van der Waals surface area contributed by atoms with Gasteiger partial charge in [0.2, 0.25) is 5.91 Å². The van der Waals surface area contributed by atoms with Crippen LogP contribution in [-0.2, 0) is 4.79 Å². The summed E-state index contributed by atoms with van der Waals surface area (Å²) in [6.07, 6.45) is 3.65. The number of alkyl halides is 3. The molecule has 0 spiro atoms. The quantitative estimate of drug-likeness (QED) is 0.184. The second-order valence-corrected chi connectivity index (χ2v) is 12.0. The van der Waals surface area contributed by atoms with Crippen molar-refractivity contribution >= 4 is 28.5 Å². The van der Waals surface area contributed by atoms with Gasteiger partial charge in [0.15, 0.2) is 11.0 Å². The van der Waals surface area contributed by atoms with Gasteiger partial charge in [0.25, 0.3) is 0 Å². The van der Waals surface area contributed by atoms with Gasteiger partial charge in [0, 0.05) is 30.0 Å². The maximum Gasteiger partial charge on any atom is 0.573 e. The van der Waals surface area contributed by atoms with E-state index in [1.807, 2.05) is 30.3 Å². The number of anilines is 1. The first-order valence-electron chi connectivity index (χ1n) is 14.5. The van der Waals surface area contributed by atoms with Crippen molar-refractivity contribution in [3.05, 3.63) is 89.7 Å². The van der Waals surface area contributed by atoms with E-state index in [1.54, 1.807) is 11.8 Å². The molecule has 45 heavy (non-hydrogen) atoms. The lowest BCUT2D eigenvalue weighted by Gasteiger charge is -2.32. The van der Waals surface area contributed by atoms with Gasteiger partial charge in [0.1, 0.15) is 12.1 Å². The number of carbonyl (C=O) groups is 1. The summed E-state index contributed by atoms with van der Waals surface area (Å²) in [6, 6.07) is 18.9. The smallest absolute Gasteiger partial charge is 0.406 e. The van der Waals surface area contributed by atoms with Gasteiger partial charge in [-0.3, -0.25) is 4.79 Å². The van der Waals surface area contributed by atoms with E-state index in [0.717, 1.165) is 30.0 Å². The summed E-state index contributed by atoms with van der Waals surface area (Å²) in [5.74, 6) is 3.32. The summed E-state index contributed by atoms with van der Waals surface area (Å²) < 4.78 is 42.7. The summed E-state index contributed by atoms with van der Waals surface area (Å²) in [5, 5.41) is 5.14. The zero-order chi connectivity index (χ0) is 32.1. The first kappa shape index (κ1) is 31.9. The van der Waals surface area contributed by atoms with Crippen LogP contribution in [0, 0.1) is 19.3 Å². The van der Waals surface area contributed by atoms with Gasteiger partial charge < -0.3 is 9.64 Å². The van der Waals surface area contributed by atoms with Crippen LogP contribution < -0.4 is 9.64 Å². The van der Waals surface area contributed by atoms with Gasteiger partial charge in [-0.1, -0.05) is 67.9 Å². The lowest BCUT2D eigenvalue weighted by atomic mass is 9.95. The number of hydrogen-bond acceptors (Lipinski definition) is 5. The third-order valence-electron chi connectivity index (χ3n) is 7.36. The molecule has 1 amide bonds. The Hall–Kier alpha value is -4.56. The molecule has 1 aliphatic rings. The standard InChI is InChI=1S/C34H32F3N5O2S/c1-5-24(20-30(43)39-33-41(18-7-19-45-33)29-9-6-8-23(4)31(29)22(2)3)25-10-12-26(13-11-25)32-38-21-42(40-32)27-14-16-28(17-15-27)44-34(35,36)37/h1,6,8-17,21-22,24H,7,18-20H2,2-4H3. The number of benzene rings is 3. The zero-order valence-corrected chi connectivity index (χ0v) is 25.9. The fourth-order valence-corrected chi connectivity index (χ4v) is 6.28. The Balaban J connectivity index is 1.28. The Morgan fingerprint density at radius 2 is 1.84 bits per heavy atom. The molecule has 1 unspecified atom stereocenters. The van der Waals surface area contributed by atoms with Gasteiger partial charge in [-0.25, -0.2) is 9.67 Å². The second-order valence-electron chi connectivity index (χ2n) is 10.9. The number of hydrogen-bond donors (Lipinski definition) is 0. The third-order valence-corrected chi connectivity index (χ3v) is 8.42. The molecule has 232 valence electrons. The molecule has 3 aromatic carbocycles. The van der Waals surface area contributed by atoms with Crippen LogP contribution in [0.1, 0.15) is 55.2 Å². The lowest BCUT2D eigenvalue weighted by molar-refractivity contribution is -0.274. The highest BCUT2D eigenvalue weighted by atomic mass is 32.2. The van der Waals surface area contributed by atoms with Crippen LogP contribution >= 0.6 is 11.8 Å². The Morgan fingerprint density at radius 3 is 2.51 bits per heavy atom. The van der Waals surface area contributed by atoms with Crippen LogP contribution in [0.3, 0.4) is 0 Å². The first-order chi connectivity index (χ1) is 21.5. The molecule has 1 atom stereocenters. The number of amides is 1. The number of aryl methyl sites for hydroxylation is 1. The van der Waals surface area contributed by atoms with Crippen LogP contribution in [0.4, 0.5) is 18.9 Å². The highest BCUT2D eigenvalue weighted by Crippen LogP contribution is 2.34. The molecule has 0 aliphatic carbocycles. The van der Waals surface area contributed by atoms with Crippen molar-refractivity contribution in [2.45, 2.75) is 51.8 Å². The number of rotatable bonds is 8. The Bertz CT molecular complexity index is 1720. The van der Waals surface area contributed by atoms with Crippen LogP contribution in [0.15, 0.2) is 78.0 Å². The summed E-state index contributed by atoms with van der Waals surface area (Å²) in [7, 11) is 0. The summed E-state index contributed by atoms with van der Waals surface area (Å²) in [6.45, 7) is 7.26. The topological polar surface area (TPSA) is 72.6 Å². The molecule has 1 fully saturated rings. The number of terminal acetylenes is 1. The molecule has 1 aliphatic heterocycles. The maximum absolute atomic E-state index is 13.2. The summed E-state index contributed by atoms with van der Waals surface area (Å²) in [4.78, 5) is 24.3. The van der Waals surface area contributed by atoms with Crippen molar-refractivity contribution in [3.63, 3.8) is 0 Å². The highest BCUT2D eigenvalue weighted by Gasteiger charge is 2.31.